The standard InChI is InChI=1S/C20H17N5OS/c1-13-4-2-5-15(10-13)19-23-24-20(27)25(19)12-18(26)22-16-7-8-17-14(11-16)6-3-9-21-17/h2-11H,12H2,1H3,(H,22,26)(H,24,27). The van der Waals surface area contributed by atoms with Gasteiger partial charge in [0.2, 0.25) is 5.91 Å². The number of anilines is 1. The highest BCUT2D eigenvalue weighted by molar-refractivity contribution is 7.71. The van der Waals surface area contributed by atoms with Gasteiger partial charge in [-0.3, -0.25) is 19.4 Å². The molecule has 0 aliphatic carbocycles. The van der Waals surface area contributed by atoms with Gasteiger partial charge in [-0.2, -0.15) is 5.10 Å². The van der Waals surface area contributed by atoms with Crippen LogP contribution in [0.5, 0.6) is 0 Å². The summed E-state index contributed by atoms with van der Waals surface area (Å²) in [6.45, 7) is 2.08. The van der Waals surface area contributed by atoms with E-state index in [1.807, 2.05) is 61.5 Å². The van der Waals surface area contributed by atoms with Crippen LogP contribution in [0.1, 0.15) is 5.56 Å². The van der Waals surface area contributed by atoms with E-state index >= 15 is 0 Å². The van der Waals surface area contributed by atoms with Crippen molar-refractivity contribution in [2.75, 3.05) is 5.32 Å². The smallest absolute Gasteiger partial charge is 0.244 e. The number of pyridine rings is 1. The number of aryl methyl sites for hydroxylation is 1. The van der Waals surface area contributed by atoms with E-state index in [-0.39, 0.29) is 12.5 Å². The highest BCUT2D eigenvalue weighted by Gasteiger charge is 2.13. The van der Waals surface area contributed by atoms with Crippen molar-refractivity contribution in [1.82, 2.24) is 19.7 Å². The molecule has 0 fully saturated rings. The molecule has 0 aliphatic heterocycles. The predicted molar refractivity (Wildman–Crippen MR) is 108 cm³/mol. The van der Waals surface area contributed by atoms with Crippen LogP contribution in [0.3, 0.4) is 0 Å². The summed E-state index contributed by atoms with van der Waals surface area (Å²) in [5.74, 6) is 0.464. The summed E-state index contributed by atoms with van der Waals surface area (Å²) >= 11 is 5.31. The number of nitrogens with zero attached hydrogens (tertiary/aromatic N) is 3. The number of hydrogen-bond donors (Lipinski definition) is 2. The van der Waals surface area contributed by atoms with Crippen LogP contribution in [-0.4, -0.2) is 25.7 Å². The van der Waals surface area contributed by atoms with Gasteiger partial charge < -0.3 is 5.32 Å². The lowest BCUT2D eigenvalue weighted by Crippen LogP contribution is -2.19. The van der Waals surface area contributed by atoms with Crippen molar-refractivity contribution in [1.29, 1.82) is 0 Å². The van der Waals surface area contributed by atoms with Crippen molar-refractivity contribution < 1.29 is 4.79 Å². The summed E-state index contributed by atoms with van der Waals surface area (Å²) in [4.78, 5) is 16.9. The minimum absolute atomic E-state index is 0.0731. The third-order valence-corrected chi connectivity index (χ3v) is 4.53. The fraction of sp³-hybridized carbons (Fsp3) is 0.100. The molecule has 0 saturated heterocycles. The van der Waals surface area contributed by atoms with Gasteiger partial charge >= 0.3 is 0 Å². The summed E-state index contributed by atoms with van der Waals surface area (Å²) in [6, 6.07) is 17.4. The number of fused-ring (bicyclic) bond motifs is 1. The van der Waals surface area contributed by atoms with E-state index in [9.17, 15) is 4.79 Å². The van der Waals surface area contributed by atoms with Gasteiger partial charge in [0.05, 0.1) is 5.52 Å². The number of carbonyl (C=O) groups is 1. The molecule has 0 bridgehead atoms. The predicted octanol–water partition coefficient (Wildman–Crippen LogP) is 4.10. The zero-order valence-electron chi connectivity index (χ0n) is 14.6. The fourth-order valence-electron chi connectivity index (χ4n) is 2.97. The molecular weight excluding hydrogens is 358 g/mol. The highest BCUT2D eigenvalue weighted by atomic mass is 32.1. The number of rotatable bonds is 4. The summed E-state index contributed by atoms with van der Waals surface area (Å²) < 4.78 is 2.10. The first kappa shape index (κ1) is 17.1. The molecule has 0 atom stereocenters. The topological polar surface area (TPSA) is 75.6 Å². The molecule has 7 heteroatoms. The first-order valence-electron chi connectivity index (χ1n) is 8.47. The quantitative estimate of drug-likeness (QED) is 0.527. The molecule has 0 spiro atoms. The Balaban J connectivity index is 1.58. The molecule has 0 saturated carbocycles. The van der Waals surface area contributed by atoms with E-state index in [1.165, 1.54) is 0 Å². The zero-order valence-corrected chi connectivity index (χ0v) is 15.5. The first-order valence-corrected chi connectivity index (χ1v) is 8.88. The maximum absolute atomic E-state index is 12.6. The largest absolute Gasteiger partial charge is 0.325 e. The van der Waals surface area contributed by atoms with Crippen LogP contribution in [0.2, 0.25) is 0 Å². The van der Waals surface area contributed by atoms with E-state index in [4.69, 9.17) is 12.2 Å². The Morgan fingerprint density at radius 1 is 1.19 bits per heavy atom. The first-order chi connectivity index (χ1) is 13.1. The van der Waals surface area contributed by atoms with E-state index in [1.54, 1.807) is 10.8 Å². The Labute approximate surface area is 160 Å². The maximum Gasteiger partial charge on any atom is 0.244 e. The molecule has 6 nitrogen and oxygen atoms in total. The molecule has 134 valence electrons. The Bertz CT molecular complexity index is 1190. The second-order valence-corrected chi connectivity index (χ2v) is 6.65. The normalized spacial score (nSPS) is 10.9. The van der Waals surface area contributed by atoms with E-state index in [2.05, 4.69) is 20.5 Å². The number of hydrogen-bond acceptors (Lipinski definition) is 4. The van der Waals surface area contributed by atoms with Crippen molar-refractivity contribution >= 4 is 34.7 Å². The van der Waals surface area contributed by atoms with Gasteiger partial charge in [-0.25, -0.2) is 0 Å². The van der Waals surface area contributed by atoms with Crippen molar-refractivity contribution in [3.8, 4) is 11.4 Å². The summed E-state index contributed by atoms with van der Waals surface area (Å²) in [5, 5.41) is 10.9. The summed E-state index contributed by atoms with van der Waals surface area (Å²) in [6.07, 6.45) is 1.74. The van der Waals surface area contributed by atoms with Crippen molar-refractivity contribution in [2.45, 2.75) is 13.5 Å². The lowest BCUT2D eigenvalue weighted by Gasteiger charge is -2.09. The number of aromatic amines is 1. The van der Waals surface area contributed by atoms with E-state index in [0.717, 1.165) is 22.0 Å². The van der Waals surface area contributed by atoms with Gasteiger partial charge in [0.1, 0.15) is 6.54 Å². The fourth-order valence-corrected chi connectivity index (χ4v) is 3.16. The molecule has 1 amide bonds. The minimum Gasteiger partial charge on any atom is -0.325 e. The van der Waals surface area contributed by atoms with Crippen LogP contribution >= 0.6 is 12.2 Å². The van der Waals surface area contributed by atoms with Crippen molar-refractivity contribution in [3.05, 3.63) is 71.1 Å². The average Bonchev–Trinajstić information content (AvgIpc) is 3.02. The minimum atomic E-state index is -0.176. The maximum atomic E-state index is 12.6. The summed E-state index contributed by atoms with van der Waals surface area (Å²) in [7, 11) is 0. The SMILES string of the molecule is Cc1cccc(-c2n[nH]c(=S)n2CC(=O)Nc2ccc3ncccc3c2)c1. The van der Waals surface area contributed by atoms with Crippen LogP contribution in [-0.2, 0) is 11.3 Å². The lowest BCUT2D eigenvalue weighted by atomic mass is 10.1. The molecule has 0 aliphatic rings. The molecule has 0 unspecified atom stereocenters. The van der Waals surface area contributed by atoms with Crippen molar-refractivity contribution in [2.24, 2.45) is 0 Å². The Morgan fingerprint density at radius 3 is 2.93 bits per heavy atom. The third kappa shape index (κ3) is 3.63. The number of carbonyl (C=O) groups excluding carboxylic acids is 1. The van der Waals surface area contributed by atoms with E-state index < -0.39 is 0 Å². The van der Waals surface area contributed by atoms with Gasteiger partial charge in [-0.15, -0.1) is 0 Å². The second-order valence-electron chi connectivity index (χ2n) is 6.27. The molecule has 4 rings (SSSR count). The Hall–Kier alpha value is -3.32. The number of benzene rings is 2. The van der Waals surface area contributed by atoms with Gasteiger partial charge in [0.15, 0.2) is 10.6 Å². The Morgan fingerprint density at radius 2 is 2.07 bits per heavy atom. The molecule has 2 aromatic heterocycles. The summed E-state index contributed by atoms with van der Waals surface area (Å²) in [5.41, 5.74) is 3.62. The zero-order chi connectivity index (χ0) is 18.8. The highest BCUT2D eigenvalue weighted by Crippen LogP contribution is 2.20. The van der Waals surface area contributed by atoms with Gasteiger partial charge in [0.25, 0.3) is 0 Å². The van der Waals surface area contributed by atoms with Gasteiger partial charge in [-0.1, -0.05) is 29.8 Å². The van der Waals surface area contributed by atoms with Crippen LogP contribution in [0.4, 0.5) is 5.69 Å². The molecule has 0 radical (unpaired) electrons. The van der Waals surface area contributed by atoms with Crippen molar-refractivity contribution in [3.63, 3.8) is 0 Å². The third-order valence-electron chi connectivity index (χ3n) is 4.22. The average molecular weight is 375 g/mol. The van der Waals surface area contributed by atoms with E-state index in [0.29, 0.717) is 16.3 Å². The number of H-pyrrole nitrogens is 1. The molecule has 2 heterocycles. The van der Waals surface area contributed by atoms with Gasteiger partial charge in [-0.05, 0) is 49.5 Å². The number of aromatic nitrogens is 4. The van der Waals surface area contributed by atoms with Gasteiger partial charge in [0, 0.05) is 22.8 Å². The van der Waals surface area contributed by atoms with Crippen LogP contribution < -0.4 is 5.32 Å². The number of nitrogens with one attached hydrogen (secondary N) is 2. The lowest BCUT2D eigenvalue weighted by molar-refractivity contribution is -0.116. The Kier molecular flexibility index (Phi) is 4.52. The molecule has 2 N–H and O–H groups in total. The molecule has 2 aromatic carbocycles. The second kappa shape index (κ2) is 7.13. The van der Waals surface area contributed by atoms with Crippen LogP contribution in [0, 0.1) is 11.7 Å². The molecule has 4 aromatic rings. The van der Waals surface area contributed by atoms with Crippen LogP contribution in [0.25, 0.3) is 22.3 Å². The number of amides is 1. The van der Waals surface area contributed by atoms with Crippen LogP contribution in [0.15, 0.2) is 60.8 Å². The molecule has 27 heavy (non-hydrogen) atoms. The molecular formula is C20H17N5OS. The monoisotopic (exact) mass is 375 g/mol.